The second kappa shape index (κ2) is 6.46. The van der Waals surface area contributed by atoms with Gasteiger partial charge in [0.2, 0.25) is 0 Å². The van der Waals surface area contributed by atoms with Gasteiger partial charge in [0, 0.05) is 6.54 Å². The largest absolute Gasteiger partial charge is 0.382 e. The highest BCUT2D eigenvalue weighted by Gasteiger charge is 2.06. The standard InChI is InChI=1S/C10H14Cl2N2S/c1-7-6-8(11)14-10(12)9(7)13-4-3-5-15-2/h6,13H,3-5H2,1-2H3. The van der Waals surface area contributed by atoms with Gasteiger partial charge < -0.3 is 5.32 Å². The first-order valence-corrected chi connectivity index (χ1v) is 6.85. The SMILES string of the molecule is CSCCCNc1c(C)cc(Cl)nc1Cl. The lowest BCUT2D eigenvalue weighted by molar-refractivity contribution is 0.988. The first kappa shape index (κ1) is 12.9. The van der Waals surface area contributed by atoms with Gasteiger partial charge in [0.05, 0.1) is 5.69 Å². The molecule has 0 saturated heterocycles. The lowest BCUT2D eigenvalue weighted by Gasteiger charge is -2.10. The lowest BCUT2D eigenvalue weighted by Crippen LogP contribution is -2.05. The first-order chi connectivity index (χ1) is 7.15. The molecule has 1 heterocycles. The quantitative estimate of drug-likeness (QED) is 0.646. The van der Waals surface area contributed by atoms with Crippen LogP contribution in [-0.4, -0.2) is 23.5 Å². The molecule has 2 nitrogen and oxygen atoms in total. The molecule has 0 atom stereocenters. The predicted octanol–water partition coefficient (Wildman–Crippen LogP) is 3.86. The Morgan fingerprint density at radius 2 is 2.20 bits per heavy atom. The average molecular weight is 265 g/mol. The van der Waals surface area contributed by atoms with Gasteiger partial charge >= 0.3 is 0 Å². The monoisotopic (exact) mass is 264 g/mol. The average Bonchev–Trinajstić information content (AvgIpc) is 2.15. The van der Waals surface area contributed by atoms with E-state index in [1.54, 1.807) is 0 Å². The van der Waals surface area contributed by atoms with Crippen molar-refractivity contribution < 1.29 is 0 Å². The lowest BCUT2D eigenvalue weighted by atomic mass is 10.2. The number of anilines is 1. The summed E-state index contributed by atoms with van der Waals surface area (Å²) in [5.41, 5.74) is 1.92. The van der Waals surface area contributed by atoms with Gasteiger partial charge in [-0.05, 0) is 37.0 Å². The van der Waals surface area contributed by atoms with Crippen molar-refractivity contribution in [2.24, 2.45) is 0 Å². The summed E-state index contributed by atoms with van der Waals surface area (Å²) in [6.45, 7) is 2.88. The number of hydrogen-bond donors (Lipinski definition) is 1. The Morgan fingerprint density at radius 1 is 1.47 bits per heavy atom. The smallest absolute Gasteiger partial charge is 0.154 e. The van der Waals surface area contributed by atoms with Crippen LogP contribution in [0.4, 0.5) is 5.69 Å². The maximum Gasteiger partial charge on any atom is 0.154 e. The van der Waals surface area contributed by atoms with E-state index < -0.39 is 0 Å². The zero-order chi connectivity index (χ0) is 11.3. The highest BCUT2D eigenvalue weighted by Crippen LogP contribution is 2.26. The van der Waals surface area contributed by atoms with Crippen molar-refractivity contribution in [2.75, 3.05) is 23.9 Å². The fourth-order valence-electron chi connectivity index (χ4n) is 1.24. The number of hydrogen-bond acceptors (Lipinski definition) is 3. The van der Waals surface area contributed by atoms with Gasteiger partial charge in [0.15, 0.2) is 5.15 Å². The molecule has 0 spiro atoms. The Kier molecular flexibility index (Phi) is 5.58. The number of thioether (sulfide) groups is 1. The molecule has 0 saturated carbocycles. The molecule has 5 heteroatoms. The van der Waals surface area contributed by atoms with Crippen LogP contribution in [0.2, 0.25) is 10.3 Å². The number of aryl methyl sites for hydroxylation is 1. The Labute approximate surface area is 105 Å². The maximum atomic E-state index is 5.98. The molecule has 0 unspecified atom stereocenters. The van der Waals surface area contributed by atoms with Gasteiger partial charge in [-0.2, -0.15) is 11.8 Å². The van der Waals surface area contributed by atoms with Crippen molar-refractivity contribution in [1.29, 1.82) is 0 Å². The van der Waals surface area contributed by atoms with Crippen LogP contribution in [-0.2, 0) is 0 Å². The number of nitrogens with one attached hydrogen (secondary N) is 1. The van der Waals surface area contributed by atoms with E-state index in [-0.39, 0.29) is 0 Å². The van der Waals surface area contributed by atoms with E-state index in [9.17, 15) is 0 Å². The summed E-state index contributed by atoms with van der Waals surface area (Å²) in [4.78, 5) is 4.00. The molecule has 0 aromatic carbocycles. The highest BCUT2D eigenvalue weighted by molar-refractivity contribution is 7.98. The Hall–Kier alpha value is -0.120. The molecule has 0 fully saturated rings. The van der Waals surface area contributed by atoms with Crippen molar-refractivity contribution in [1.82, 2.24) is 4.98 Å². The van der Waals surface area contributed by atoms with Crippen LogP contribution >= 0.6 is 35.0 Å². The minimum Gasteiger partial charge on any atom is -0.382 e. The van der Waals surface area contributed by atoms with Crippen LogP contribution in [0, 0.1) is 6.92 Å². The van der Waals surface area contributed by atoms with Gasteiger partial charge in [-0.15, -0.1) is 0 Å². The molecule has 1 aromatic heterocycles. The molecule has 1 aromatic rings. The summed E-state index contributed by atoms with van der Waals surface area (Å²) in [7, 11) is 0. The molecule has 0 radical (unpaired) electrons. The van der Waals surface area contributed by atoms with Gasteiger partial charge in [-0.3, -0.25) is 0 Å². The Morgan fingerprint density at radius 3 is 2.80 bits per heavy atom. The third kappa shape index (κ3) is 4.09. The van der Waals surface area contributed by atoms with E-state index in [4.69, 9.17) is 23.2 Å². The molecular weight excluding hydrogens is 251 g/mol. The van der Waals surface area contributed by atoms with Crippen molar-refractivity contribution in [3.8, 4) is 0 Å². The van der Waals surface area contributed by atoms with Crippen molar-refractivity contribution in [3.05, 3.63) is 21.9 Å². The zero-order valence-corrected chi connectivity index (χ0v) is 11.1. The van der Waals surface area contributed by atoms with Crippen LogP contribution in [0.3, 0.4) is 0 Å². The van der Waals surface area contributed by atoms with E-state index in [2.05, 4.69) is 16.6 Å². The number of rotatable bonds is 5. The maximum absolute atomic E-state index is 5.98. The summed E-state index contributed by atoms with van der Waals surface area (Å²) >= 11 is 13.6. The number of halogens is 2. The van der Waals surface area contributed by atoms with Crippen LogP contribution in [0.5, 0.6) is 0 Å². The fraction of sp³-hybridized carbons (Fsp3) is 0.500. The zero-order valence-electron chi connectivity index (χ0n) is 8.81. The molecule has 15 heavy (non-hydrogen) atoms. The summed E-state index contributed by atoms with van der Waals surface area (Å²) < 4.78 is 0. The van der Waals surface area contributed by atoms with Gasteiger partial charge in [0.1, 0.15) is 5.15 Å². The molecule has 1 rings (SSSR count). The third-order valence-electron chi connectivity index (χ3n) is 1.97. The minimum atomic E-state index is 0.437. The van der Waals surface area contributed by atoms with E-state index in [0.29, 0.717) is 10.3 Å². The van der Waals surface area contributed by atoms with Gasteiger partial charge in [-0.1, -0.05) is 23.2 Å². The molecular formula is C10H14Cl2N2S. The third-order valence-corrected chi connectivity index (χ3v) is 3.13. The van der Waals surface area contributed by atoms with Crippen molar-refractivity contribution in [2.45, 2.75) is 13.3 Å². The summed E-state index contributed by atoms with van der Waals surface area (Å²) in [6, 6.07) is 1.81. The molecule has 0 aliphatic carbocycles. The summed E-state index contributed by atoms with van der Waals surface area (Å²) in [5, 5.41) is 4.16. The van der Waals surface area contributed by atoms with E-state index >= 15 is 0 Å². The second-order valence-electron chi connectivity index (χ2n) is 3.20. The van der Waals surface area contributed by atoms with Crippen LogP contribution in [0.15, 0.2) is 6.07 Å². The topological polar surface area (TPSA) is 24.9 Å². The molecule has 0 bridgehead atoms. The minimum absolute atomic E-state index is 0.437. The molecule has 0 amide bonds. The van der Waals surface area contributed by atoms with E-state index in [1.165, 1.54) is 0 Å². The summed E-state index contributed by atoms with van der Waals surface area (Å²) in [6.07, 6.45) is 3.21. The van der Waals surface area contributed by atoms with Crippen LogP contribution in [0.25, 0.3) is 0 Å². The molecule has 84 valence electrons. The van der Waals surface area contributed by atoms with Gasteiger partial charge in [0.25, 0.3) is 0 Å². The summed E-state index contributed by atoms with van der Waals surface area (Å²) in [5.74, 6) is 1.14. The number of nitrogens with zero attached hydrogens (tertiary/aromatic N) is 1. The Bertz CT molecular complexity index is 308. The van der Waals surface area contributed by atoms with E-state index in [0.717, 1.165) is 30.0 Å². The Balaban J connectivity index is 2.60. The van der Waals surface area contributed by atoms with Crippen LogP contribution < -0.4 is 5.32 Å². The van der Waals surface area contributed by atoms with Crippen molar-refractivity contribution >= 4 is 40.7 Å². The number of aromatic nitrogens is 1. The normalized spacial score (nSPS) is 10.4. The molecule has 0 aliphatic rings. The van der Waals surface area contributed by atoms with Crippen LogP contribution in [0.1, 0.15) is 12.0 Å². The molecule has 0 aliphatic heterocycles. The van der Waals surface area contributed by atoms with Gasteiger partial charge in [-0.25, -0.2) is 4.98 Å². The molecule has 1 N–H and O–H groups in total. The number of pyridine rings is 1. The van der Waals surface area contributed by atoms with E-state index in [1.807, 2.05) is 24.8 Å². The second-order valence-corrected chi connectivity index (χ2v) is 4.93. The van der Waals surface area contributed by atoms with Crippen molar-refractivity contribution in [3.63, 3.8) is 0 Å². The first-order valence-electron chi connectivity index (χ1n) is 4.70. The highest BCUT2D eigenvalue weighted by atomic mass is 35.5. The predicted molar refractivity (Wildman–Crippen MR) is 70.5 cm³/mol. The fourth-order valence-corrected chi connectivity index (χ4v) is 2.27.